The second-order valence-corrected chi connectivity index (χ2v) is 8.33. The molecule has 0 spiro atoms. The van der Waals surface area contributed by atoms with E-state index in [2.05, 4.69) is 40.3 Å². The number of hydrogen-bond acceptors (Lipinski definition) is 4. The van der Waals surface area contributed by atoms with Crippen LogP contribution in [0.4, 0.5) is 0 Å². The van der Waals surface area contributed by atoms with Gasteiger partial charge in [0.1, 0.15) is 18.1 Å². The number of nitrogens with zero attached hydrogens (tertiary/aromatic N) is 1. The van der Waals surface area contributed by atoms with Gasteiger partial charge in [-0.15, -0.1) is 0 Å². The Morgan fingerprint density at radius 2 is 1.81 bits per heavy atom. The number of hydrazone groups is 1. The van der Waals surface area contributed by atoms with Gasteiger partial charge in [-0.3, -0.25) is 4.79 Å². The molecule has 0 aliphatic heterocycles. The van der Waals surface area contributed by atoms with Gasteiger partial charge >= 0.3 is 0 Å². The SMILES string of the molecule is CCC(C)c1ccc(OCC(=O)NN=Cc2cc(Br)ccc2OCc2ccccc2)cc1. The van der Waals surface area contributed by atoms with E-state index in [9.17, 15) is 4.79 Å². The van der Waals surface area contributed by atoms with Crippen molar-refractivity contribution < 1.29 is 14.3 Å². The summed E-state index contributed by atoms with van der Waals surface area (Å²) in [5.74, 6) is 1.49. The van der Waals surface area contributed by atoms with Gasteiger partial charge in [-0.25, -0.2) is 5.43 Å². The van der Waals surface area contributed by atoms with Gasteiger partial charge in [-0.2, -0.15) is 5.10 Å². The average Bonchev–Trinajstić information content (AvgIpc) is 2.82. The predicted octanol–water partition coefficient (Wildman–Crippen LogP) is 6.07. The molecule has 0 aliphatic rings. The molecule has 166 valence electrons. The molecule has 3 aromatic carbocycles. The molecule has 0 aromatic heterocycles. The van der Waals surface area contributed by atoms with Crippen LogP contribution in [0.2, 0.25) is 0 Å². The number of amides is 1. The summed E-state index contributed by atoms with van der Waals surface area (Å²) < 4.78 is 12.4. The van der Waals surface area contributed by atoms with E-state index in [1.807, 2.05) is 72.8 Å². The lowest BCUT2D eigenvalue weighted by molar-refractivity contribution is -0.123. The average molecular weight is 495 g/mol. The van der Waals surface area contributed by atoms with Crippen LogP contribution >= 0.6 is 15.9 Å². The predicted molar refractivity (Wildman–Crippen MR) is 131 cm³/mol. The summed E-state index contributed by atoms with van der Waals surface area (Å²) >= 11 is 3.46. The quantitative estimate of drug-likeness (QED) is 0.274. The molecule has 0 fully saturated rings. The first-order valence-corrected chi connectivity index (χ1v) is 11.4. The molecular formula is C26H27BrN2O3. The molecule has 0 radical (unpaired) electrons. The topological polar surface area (TPSA) is 59.9 Å². The Morgan fingerprint density at radius 3 is 2.53 bits per heavy atom. The summed E-state index contributed by atoms with van der Waals surface area (Å²) in [4.78, 5) is 12.1. The number of benzene rings is 3. The van der Waals surface area contributed by atoms with E-state index in [-0.39, 0.29) is 12.5 Å². The van der Waals surface area contributed by atoms with Gasteiger partial charge < -0.3 is 9.47 Å². The molecule has 5 nitrogen and oxygen atoms in total. The molecule has 0 saturated carbocycles. The Kier molecular flexibility index (Phi) is 8.87. The van der Waals surface area contributed by atoms with Gasteiger partial charge in [0.05, 0.1) is 6.21 Å². The zero-order valence-electron chi connectivity index (χ0n) is 18.3. The third kappa shape index (κ3) is 7.24. The first-order chi connectivity index (χ1) is 15.5. The van der Waals surface area contributed by atoms with E-state index in [0.717, 1.165) is 22.0 Å². The van der Waals surface area contributed by atoms with E-state index in [1.54, 1.807) is 6.21 Å². The second-order valence-electron chi connectivity index (χ2n) is 7.42. The van der Waals surface area contributed by atoms with Crippen molar-refractivity contribution in [3.05, 3.63) is 94.0 Å². The first kappa shape index (κ1) is 23.5. The van der Waals surface area contributed by atoms with E-state index >= 15 is 0 Å². The first-order valence-electron chi connectivity index (χ1n) is 10.6. The Morgan fingerprint density at radius 1 is 1.06 bits per heavy atom. The number of carbonyl (C=O) groups is 1. The molecular weight excluding hydrogens is 468 g/mol. The van der Waals surface area contributed by atoms with Crippen LogP contribution in [0.15, 0.2) is 82.4 Å². The molecule has 1 unspecified atom stereocenters. The summed E-state index contributed by atoms with van der Waals surface area (Å²) in [6.07, 6.45) is 2.64. The van der Waals surface area contributed by atoms with E-state index in [0.29, 0.717) is 24.0 Å². The van der Waals surface area contributed by atoms with E-state index in [1.165, 1.54) is 5.56 Å². The lowest BCUT2D eigenvalue weighted by atomic mass is 9.99. The number of rotatable bonds is 10. The molecule has 6 heteroatoms. The number of carbonyl (C=O) groups excluding carboxylic acids is 1. The standard InChI is InChI=1S/C26H27BrN2O3/c1-3-19(2)21-9-12-24(13-10-21)31-18-26(30)29-28-16-22-15-23(27)11-14-25(22)32-17-20-7-5-4-6-8-20/h4-16,19H,3,17-18H2,1-2H3,(H,29,30). The van der Waals surface area contributed by atoms with Crippen LogP contribution in [0.25, 0.3) is 0 Å². The lowest BCUT2D eigenvalue weighted by Crippen LogP contribution is -2.24. The van der Waals surface area contributed by atoms with Gasteiger partial charge in [-0.05, 0) is 53.8 Å². The lowest BCUT2D eigenvalue weighted by Gasteiger charge is -2.10. The second kappa shape index (κ2) is 12.1. The third-order valence-electron chi connectivity index (χ3n) is 5.03. The highest BCUT2D eigenvalue weighted by Crippen LogP contribution is 2.23. The van der Waals surface area contributed by atoms with Crippen molar-refractivity contribution in [3.8, 4) is 11.5 Å². The molecule has 3 aromatic rings. The van der Waals surface area contributed by atoms with E-state index in [4.69, 9.17) is 9.47 Å². The van der Waals surface area contributed by atoms with E-state index < -0.39 is 0 Å². The van der Waals surface area contributed by atoms with Crippen molar-refractivity contribution in [2.75, 3.05) is 6.61 Å². The highest BCUT2D eigenvalue weighted by atomic mass is 79.9. The highest BCUT2D eigenvalue weighted by Gasteiger charge is 2.06. The van der Waals surface area contributed by atoms with Crippen molar-refractivity contribution in [2.45, 2.75) is 32.8 Å². The zero-order chi connectivity index (χ0) is 22.8. The number of nitrogens with one attached hydrogen (secondary N) is 1. The van der Waals surface area contributed by atoms with Gasteiger partial charge in [0.25, 0.3) is 5.91 Å². The molecule has 32 heavy (non-hydrogen) atoms. The number of hydrogen-bond donors (Lipinski definition) is 1. The van der Waals surface area contributed by atoms with Crippen molar-refractivity contribution in [1.29, 1.82) is 0 Å². The van der Waals surface area contributed by atoms with Gasteiger partial charge in [-0.1, -0.05) is 72.2 Å². The summed E-state index contributed by atoms with van der Waals surface area (Å²) in [5.41, 5.74) is 5.57. The van der Waals surface area contributed by atoms with Crippen molar-refractivity contribution >= 4 is 28.1 Å². The van der Waals surface area contributed by atoms with Crippen LogP contribution in [-0.4, -0.2) is 18.7 Å². The normalized spacial score (nSPS) is 11.8. The Bertz CT molecular complexity index is 1040. The van der Waals surface area contributed by atoms with Crippen LogP contribution in [0, 0.1) is 0 Å². The molecule has 0 saturated heterocycles. The highest BCUT2D eigenvalue weighted by molar-refractivity contribution is 9.10. The van der Waals surface area contributed by atoms with Crippen molar-refractivity contribution in [2.24, 2.45) is 5.10 Å². The molecule has 1 atom stereocenters. The summed E-state index contributed by atoms with van der Waals surface area (Å²) in [6, 6.07) is 23.4. The summed E-state index contributed by atoms with van der Waals surface area (Å²) in [6.45, 7) is 4.67. The van der Waals surface area contributed by atoms with Gasteiger partial charge in [0.15, 0.2) is 6.61 Å². The minimum absolute atomic E-state index is 0.115. The minimum atomic E-state index is -0.339. The Labute approximate surface area is 197 Å². The number of ether oxygens (including phenoxy) is 2. The van der Waals surface area contributed by atoms with Crippen molar-refractivity contribution in [3.63, 3.8) is 0 Å². The van der Waals surface area contributed by atoms with Crippen molar-refractivity contribution in [1.82, 2.24) is 5.43 Å². The summed E-state index contributed by atoms with van der Waals surface area (Å²) in [5, 5.41) is 4.05. The largest absolute Gasteiger partial charge is 0.488 e. The minimum Gasteiger partial charge on any atom is -0.488 e. The Hall–Kier alpha value is -3.12. The smallest absolute Gasteiger partial charge is 0.277 e. The summed E-state index contributed by atoms with van der Waals surface area (Å²) in [7, 11) is 0. The number of halogens is 1. The van der Waals surface area contributed by atoms with Crippen LogP contribution < -0.4 is 14.9 Å². The van der Waals surface area contributed by atoms with Crippen LogP contribution in [0.5, 0.6) is 11.5 Å². The molecule has 0 aliphatic carbocycles. The maximum absolute atomic E-state index is 12.1. The fourth-order valence-electron chi connectivity index (χ4n) is 2.97. The van der Waals surface area contributed by atoms with Gasteiger partial charge in [0, 0.05) is 10.0 Å². The van der Waals surface area contributed by atoms with Crippen LogP contribution in [-0.2, 0) is 11.4 Å². The molecule has 0 bridgehead atoms. The molecule has 1 N–H and O–H groups in total. The fraction of sp³-hybridized carbons (Fsp3) is 0.231. The third-order valence-corrected chi connectivity index (χ3v) is 5.53. The molecule has 0 heterocycles. The molecule has 1 amide bonds. The fourth-order valence-corrected chi connectivity index (χ4v) is 3.35. The van der Waals surface area contributed by atoms with Gasteiger partial charge in [0.2, 0.25) is 0 Å². The van der Waals surface area contributed by atoms with Crippen LogP contribution in [0.1, 0.15) is 42.9 Å². The Balaban J connectivity index is 1.52. The maximum atomic E-state index is 12.1. The monoisotopic (exact) mass is 494 g/mol. The van der Waals surface area contributed by atoms with Crippen LogP contribution in [0.3, 0.4) is 0 Å². The zero-order valence-corrected chi connectivity index (χ0v) is 19.8. The maximum Gasteiger partial charge on any atom is 0.277 e. The molecule has 3 rings (SSSR count).